The third-order valence-corrected chi connectivity index (χ3v) is 4.57. The summed E-state index contributed by atoms with van der Waals surface area (Å²) in [5.74, 6) is -2.71. The summed E-state index contributed by atoms with van der Waals surface area (Å²) < 4.78 is 0. The van der Waals surface area contributed by atoms with Gasteiger partial charge in [-0.1, -0.05) is 58.3 Å². The number of carbonyl (C=O) groups is 4. The third-order valence-electron chi connectivity index (χ3n) is 4.57. The van der Waals surface area contributed by atoms with Crippen molar-refractivity contribution in [1.82, 2.24) is 10.6 Å². The second-order valence-electron chi connectivity index (χ2n) is 7.27. The first-order chi connectivity index (χ1) is 13.3. The van der Waals surface area contributed by atoms with Crippen LogP contribution in [0.2, 0.25) is 0 Å². The molecule has 5 N–H and O–H groups in total. The van der Waals surface area contributed by atoms with E-state index in [1.165, 1.54) is 45.4 Å². The van der Waals surface area contributed by atoms with Gasteiger partial charge in [0.05, 0.1) is 0 Å². The summed E-state index contributed by atoms with van der Waals surface area (Å²) in [5.41, 5.74) is 5.00. The summed E-state index contributed by atoms with van der Waals surface area (Å²) in [7, 11) is 0. The maximum Gasteiger partial charge on any atom is 0.326 e. The first-order valence-corrected chi connectivity index (χ1v) is 10.4. The van der Waals surface area contributed by atoms with Crippen molar-refractivity contribution in [2.75, 3.05) is 0 Å². The van der Waals surface area contributed by atoms with Crippen molar-refractivity contribution >= 4 is 23.7 Å². The molecule has 8 nitrogen and oxygen atoms in total. The number of nitrogens with two attached hydrogens (primary N) is 1. The SMILES string of the molecule is CCCCCCCCCCCC(=O)N[C@@H](C)C(=O)N[C@@H](CCC(N)=O)C(=O)O. The number of hydrogen-bond acceptors (Lipinski definition) is 4. The summed E-state index contributed by atoms with van der Waals surface area (Å²) in [6, 6.07) is -2.06. The second-order valence-corrected chi connectivity index (χ2v) is 7.27. The van der Waals surface area contributed by atoms with Gasteiger partial charge in [0.1, 0.15) is 12.1 Å². The lowest BCUT2D eigenvalue weighted by molar-refractivity contribution is -0.142. The molecule has 8 heteroatoms. The van der Waals surface area contributed by atoms with E-state index in [0.29, 0.717) is 6.42 Å². The maximum atomic E-state index is 12.1. The monoisotopic (exact) mass is 399 g/mol. The molecule has 0 saturated heterocycles. The van der Waals surface area contributed by atoms with Crippen LogP contribution in [0, 0.1) is 0 Å². The summed E-state index contributed by atoms with van der Waals surface area (Å²) >= 11 is 0. The second kappa shape index (κ2) is 15.9. The highest BCUT2D eigenvalue weighted by atomic mass is 16.4. The minimum Gasteiger partial charge on any atom is -0.480 e. The molecule has 0 aromatic carbocycles. The number of aliphatic carboxylic acids is 1. The van der Waals surface area contributed by atoms with Gasteiger partial charge in [-0.15, -0.1) is 0 Å². The lowest BCUT2D eigenvalue weighted by Gasteiger charge is -2.18. The van der Waals surface area contributed by atoms with E-state index in [1.807, 2.05) is 0 Å². The van der Waals surface area contributed by atoms with Crippen LogP contribution >= 0.6 is 0 Å². The lowest BCUT2D eigenvalue weighted by atomic mass is 10.1. The minimum atomic E-state index is -1.25. The molecule has 0 bridgehead atoms. The Morgan fingerprint density at radius 1 is 0.857 bits per heavy atom. The molecule has 0 radical (unpaired) electrons. The van der Waals surface area contributed by atoms with E-state index >= 15 is 0 Å². The largest absolute Gasteiger partial charge is 0.480 e. The van der Waals surface area contributed by atoms with Crippen LogP contribution in [0.4, 0.5) is 0 Å². The standard InChI is InChI=1S/C20H37N3O5/c1-3-4-5-6-7-8-9-10-11-12-18(25)22-15(2)19(26)23-16(20(27)28)13-14-17(21)24/h15-16H,3-14H2,1-2H3,(H2,21,24)(H,22,25)(H,23,26)(H,27,28)/t15-,16-/m0/s1. The Kier molecular flexibility index (Phi) is 14.7. The van der Waals surface area contributed by atoms with Crippen LogP contribution in [-0.2, 0) is 19.2 Å². The molecule has 0 heterocycles. The molecule has 162 valence electrons. The van der Waals surface area contributed by atoms with E-state index in [0.717, 1.165) is 19.3 Å². The Balaban J connectivity index is 3.97. The predicted molar refractivity (Wildman–Crippen MR) is 107 cm³/mol. The first kappa shape index (κ1) is 25.9. The van der Waals surface area contributed by atoms with Crippen molar-refractivity contribution in [3.63, 3.8) is 0 Å². The number of nitrogens with one attached hydrogen (secondary N) is 2. The normalized spacial score (nSPS) is 12.8. The molecule has 0 aromatic rings. The number of hydrogen-bond donors (Lipinski definition) is 4. The summed E-state index contributed by atoms with van der Waals surface area (Å²) in [6.45, 7) is 3.70. The molecule has 0 aliphatic heterocycles. The van der Waals surface area contributed by atoms with Gasteiger partial charge in [0.15, 0.2) is 0 Å². The molecule has 0 unspecified atom stereocenters. The Bertz CT molecular complexity index is 496. The Hall–Kier alpha value is -2.12. The highest BCUT2D eigenvalue weighted by Crippen LogP contribution is 2.10. The van der Waals surface area contributed by atoms with Gasteiger partial charge >= 0.3 is 5.97 Å². The zero-order valence-corrected chi connectivity index (χ0v) is 17.3. The number of rotatable bonds is 17. The molecular weight excluding hydrogens is 362 g/mol. The van der Waals surface area contributed by atoms with Gasteiger partial charge in [0.25, 0.3) is 0 Å². The van der Waals surface area contributed by atoms with Crippen LogP contribution in [0.3, 0.4) is 0 Å². The average Bonchev–Trinajstić information content (AvgIpc) is 2.63. The number of unbranched alkanes of at least 4 members (excludes halogenated alkanes) is 8. The average molecular weight is 400 g/mol. The zero-order chi connectivity index (χ0) is 21.4. The minimum absolute atomic E-state index is 0.0878. The molecule has 0 saturated carbocycles. The molecule has 0 rings (SSSR count). The van der Waals surface area contributed by atoms with Crippen molar-refractivity contribution in [2.24, 2.45) is 5.73 Å². The summed E-state index contributed by atoms with van der Waals surface area (Å²) in [4.78, 5) is 45.9. The summed E-state index contributed by atoms with van der Waals surface area (Å²) in [5, 5.41) is 14.0. The van der Waals surface area contributed by atoms with E-state index in [9.17, 15) is 19.2 Å². The zero-order valence-electron chi connectivity index (χ0n) is 17.3. The van der Waals surface area contributed by atoms with E-state index in [2.05, 4.69) is 17.6 Å². The quantitative estimate of drug-likeness (QED) is 0.278. The first-order valence-electron chi connectivity index (χ1n) is 10.4. The maximum absolute atomic E-state index is 12.1. The molecule has 0 fully saturated rings. The lowest BCUT2D eigenvalue weighted by Crippen LogP contribution is -2.50. The molecule has 3 amide bonds. The van der Waals surface area contributed by atoms with Crippen LogP contribution < -0.4 is 16.4 Å². The summed E-state index contributed by atoms with van der Waals surface area (Å²) in [6.07, 6.45) is 10.5. The van der Waals surface area contributed by atoms with Gasteiger partial charge < -0.3 is 21.5 Å². The highest BCUT2D eigenvalue weighted by molar-refractivity contribution is 5.90. The van der Waals surface area contributed by atoms with Gasteiger partial charge in [0.2, 0.25) is 17.7 Å². The highest BCUT2D eigenvalue weighted by Gasteiger charge is 2.24. The Morgan fingerprint density at radius 2 is 1.39 bits per heavy atom. The van der Waals surface area contributed by atoms with Crippen molar-refractivity contribution in [1.29, 1.82) is 0 Å². The number of carboxylic acids is 1. The van der Waals surface area contributed by atoms with Crippen LogP contribution in [0.25, 0.3) is 0 Å². The van der Waals surface area contributed by atoms with E-state index in [4.69, 9.17) is 10.8 Å². The van der Waals surface area contributed by atoms with Gasteiger partial charge in [-0.3, -0.25) is 14.4 Å². The van der Waals surface area contributed by atoms with Crippen LogP contribution in [0.1, 0.15) is 90.9 Å². The molecule has 0 aromatic heterocycles. The molecule has 0 spiro atoms. The molecular formula is C20H37N3O5. The number of carbonyl (C=O) groups excluding carboxylic acids is 3. The van der Waals surface area contributed by atoms with Crippen molar-refractivity contribution in [3.05, 3.63) is 0 Å². The number of amides is 3. The fraction of sp³-hybridized carbons (Fsp3) is 0.800. The fourth-order valence-electron chi connectivity index (χ4n) is 2.82. The predicted octanol–water partition coefficient (Wildman–Crippen LogP) is 2.25. The Morgan fingerprint density at radius 3 is 1.89 bits per heavy atom. The Labute approximate surface area is 168 Å². The van der Waals surface area contributed by atoms with E-state index in [1.54, 1.807) is 0 Å². The van der Waals surface area contributed by atoms with Gasteiger partial charge in [-0.25, -0.2) is 4.79 Å². The van der Waals surface area contributed by atoms with E-state index in [-0.39, 0.29) is 18.7 Å². The smallest absolute Gasteiger partial charge is 0.326 e. The van der Waals surface area contributed by atoms with Crippen LogP contribution in [0.15, 0.2) is 0 Å². The number of carboxylic acid groups (broad SMARTS) is 1. The van der Waals surface area contributed by atoms with E-state index < -0.39 is 29.9 Å². The van der Waals surface area contributed by atoms with Gasteiger partial charge in [-0.05, 0) is 19.8 Å². The number of primary amides is 1. The fourth-order valence-corrected chi connectivity index (χ4v) is 2.82. The third kappa shape index (κ3) is 14.0. The molecule has 28 heavy (non-hydrogen) atoms. The molecule has 0 aliphatic rings. The van der Waals surface area contributed by atoms with Gasteiger partial charge in [0, 0.05) is 12.8 Å². The van der Waals surface area contributed by atoms with Crippen LogP contribution in [-0.4, -0.2) is 40.9 Å². The van der Waals surface area contributed by atoms with Crippen molar-refractivity contribution < 1.29 is 24.3 Å². The van der Waals surface area contributed by atoms with Crippen LogP contribution in [0.5, 0.6) is 0 Å². The van der Waals surface area contributed by atoms with Gasteiger partial charge in [-0.2, -0.15) is 0 Å². The molecule has 2 atom stereocenters. The topological polar surface area (TPSA) is 139 Å². The molecule has 0 aliphatic carbocycles. The van der Waals surface area contributed by atoms with Crippen molar-refractivity contribution in [3.8, 4) is 0 Å². The van der Waals surface area contributed by atoms with Crippen molar-refractivity contribution in [2.45, 2.75) is 103 Å².